The predicted molar refractivity (Wildman–Crippen MR) is 76.1 cm³/mol. The van der Waals surface area contributed by atoms with Crippen LogP contribution in [-0.2, 0) is 0 Å². The summed E-state index contributed by atoms with van der Waals surface area (Å²) in [4.78, 5) is 13.9. The first-order valence-corrected chi connectivity index (χ1v) is 6.97. The van der Waals surface area contributed by atoms with E-state index in [0.29, 0.717) is 18.8 Å². The normalized spacial score (nSPS) is 20.6. The van der Waals surface area contributed by atoms with Crippen LogP contribution in [0.3, 0.4) is 0 Å². The van der Waals surface area contributed by atoms with E-state index < -0.39 is 6.10 Å². The minimum atomic E-state index is -0.415. The number of anilines is 1. The molecule has 5 heteroatoms. The van der Waals surface area contributed by atoms with E-state index >= 15 is 0 Å². The number of aryl methyl sites for hydroxylation is 1. The fourth-order valence-corrected chi connectivity index (χ4v) is 2.51. The number of urea groups is 1. The lowest BCUT2D eigenvalue weighted by Gasteiger charge is -2.34. The molecule has 2 unspecified atom stereocenters. The van der Waals surface area contributed by atoms with Gasteiger partial charge in [0.05, 0.1) is 6.10 Å². The topological polar surface area (TPSA) is 52.6 Å². The van der Waals surface area contributed by atoms with Gasteiger partial charge in [0.25, 0.3) is 0 Å². The number of aliphatic hydroxyl groups excluding tert-OH is 1. The lowest BCUT2D eigenvalue weighted by Crippen LogP contribution is -2.44. The number of benzene rings is 1. The number of hydrogen-bond donors (Lipinski definition) is 2. The van der Waals surface area contributed by atoms with Gasteiger partial charge in [-0.3, -0.25) is 0 Å². The lowest BCUT2D eigenvalue weighted by atomic mass is 9.94. The molecule has 1 saturated heterocycles. The highest BCUT2D eigenvalue weighted by atomic mass is 19.1. The van der Waals surface area contributed by atoms with Gasteiger partial charge in [-0.25, -0.2) is 9.18 Å². The SMILES string of the molecule is Cc1ccc(F)cc1NC(=O)N1CCCC(C(C)O)C1. The molecule has 0 aliphatic carbocycles. The molecule has 0 radical (unpaired) electrons. The lowest BCUT2D eigenvalue weighted by molar-refractivity contribution is 0.0766. The van der Waals surface area contributed by atoms with Crippen molar-refractivity contribution >= 4 is 11.7 Å². The second-order valence-electron chi connectivity index (χ2n) is 5.48. The summed E-state index contributed by atoms with van der Waals surface area (Å²) in [6.45, 7) is 4.79. The van der Waals surface area contributed by atoms with Gasteiger partial charge in [0.15, 0.2) is 0 Å². The zero-order chi connectivity index (χ0) is 14.7. The first-order chi connectivity index (χ1) is 9.47. The van der Waals surface area contributed by atoms with Crippen molar-refractivity contribution in [2.45, 2.75) is 32.8 Å². The number of halogens is 1. The Labute approximate surface area is 118 Å². The third-order valence-electron chi connectivity index (χ3n) is 3.87. The van der Waals surface area contributed by atoms with Gasteiger partial charge < -0.3 is 15.3 Å². The third kappa shape index (κ3) is 3.48. The van der Waals surface area contributed by atoms with Gasteiger partial charge >= 0.3 is 6.03 Å². The molecule has 1 fully saturated rings. The van der Waals surface area contributed by atoms with Crippen LogP contribution in [0.1, 0.15) is 25.3 Å². The molecule has 1 aromatic carbocycles. The van der Waals surface area contributed by atoms with Crippen LogP contribution in [0.5, 0.6) is 0 Å². The molecule has 2 N–H and O–H groups in total. The Morgan fingerprint density at radius 3 is 3.00 bits per heavy atom. The van der Waals surface area contributed by atoms with E-state index in [1.807, 2.05) is 6.92 Å². The standard InChI is InChI=1S/C15H21FN2O2/c1-10-5-6-13(16)8-14(10)17-15(20)18-7-3-4-12(9-18)11(2)19/h5-6,8,11-12,19H,3-4,7,9H2,1-2H3,(H,17,20). The van der Waals surface area contributed by atoms with Gasteiger partial charge in [0, 0.05) is 24.7 Å². The van der Waals surface area contributed by atoms with E-state index in [4.69, 9.17) is 0 Å². The zero-order valence-corrected chi connectivity index (χ0v) is 11.9. The number of carbonyl (C=O) groups excluding carboxylic acids is 1. The maximum atomic E-state index is 13.2. The van der Waals surface area contributed by atoms with Gasteiger partial charge in [0.2, 0.25) is 0 Å². The molecule has 2 amide bonds. The van der Waals surface area contributed by atoms with Crippen molar-refractivity contribution in [1.29, 1.82) is 0 Å². The summed E-state index contributed by atoms with van der Waals surface area (Å²) < 4.78 is 13.2. The molecular formula is C15H21FN2O2. The number of rotatable bonds is 2. The monoisotopic (exact) mass is 280 g/mol. The van der Waals surface area contributed by atoms with Gasteiger partial charge in [0.1, 0.15) is 5.82 Å². The quantitative estimate of drug-likeness (QED) is 0.875. The Balaban J connectivity index is 2.02. The third-order valence-corrected chi connectivity index (χ3v) is 3.87. The summed E-state index contributed by atoms with van der Waals surface area (Å²) in [5.41, 5.74) is 1.32. The predicted octanol–water partition coefficient (Wildman–Crippen LogP) is 2.76. The van der Waals surface area contributed by atoms with Crippen LogP contribution in [0.25, 0.3) is 0 Å². The molecule has 110 valence electrons. The molecule has 1 aliphatic rings. The fourth-order valence-electron chi connectivity index (χ4n) is 2.51. The number of nitrogens with one attached hydrogen (secondary N) is 1. The van der Waals surface area contributed by atoms with Crippen molar-refractivity contribution < 1.29 is 14.3 Å². The fraction of sp³-hybridized carbons (Fsp3) is 0.533. The first kappa shape index (κ1) is 14.8. The first-order valence-electron chi connectivity index (χ1n) is 6.97. The van der Waals surface area contributed by atoms with Gasteiger partial charge in [-0.1, -0.05) is 6.07 Å². The van der Waals surface area contributed by atoms with Crippen LogP contribution >= 0.6 is 0 Å². The Kier molecular flexibility index (Phi) is 4.60. The van der Waals surface area contributed by atoms with E-state index in [0.717, 1.165) is 18.4 Å². The maximum Gasteiger partial charge on any atom is 0.321 e. The van der Waals surface area contributed by atoms with E-state index in [9.17, 15) is 14.3 Å². The molecule has 2 rings (SSSR count). The molecule has 1 heterocycles. The van der Waals surface area contributed by atoms with Crippen LogP contribution in [-0.4, -0.2) is 35.2 Å². The summed E-state index contributed by atoms with van der Waals surface area (Å²) in [7, 11) is 0. The molecule has 4 nitrogen and oxygen atoms in total. The molecule has 1 aliphatic heterocycles. The number of hydrogen-bond acceptors (Lipinski definition) is 2. The van der Waals surface area contributed by atoms with Crippen LogP contribution in [0, 0.1) is 18.7 Å². The minimum absolute atomic E-state index is 0.114. The maximum absolute atomic E-state index is 13.2. The van der Waals surface area contributed by atoms with E-state index in [1.54, 1.807) is 17.9 Å². The Morgan fingerprint density at radius 1 is 1.55 bits per heavy atom. The molecule has 20 heavy (non-hydrogen) atoms. The highest BCUT2D eigenvalue weighted by molar-refractivity contribution is 5.90. The molecule has 0 bridgehead atoms. The molecular weight excluding hydrogens is 259 g/mol. The van der Waals surface area contributed by atoms with Crippen LogP contribution in [0.15, 0.2) is 18.2 Å². The van der Waals surface area contributed by atoms with E-state index in [-0.39, 0.29) is 17.8 Å². The Morgan fingerprint density at radius 2 is 2.30 bits per heavy atom. The Hall–Kier alpha value is -1.62. The molecule has 2 atom stereocenters. The van der Waals surface area contributed by atoms with Crippen LogP contribution in [0.2, 0.25) is 0 Å². The largest absolute Gasteiger partial charge is 0.393 e. The summed E-state index contributed by atoms with van der Waals surface area (Å²) in [5, 5.41) is 12.4. The number of aliphatic hydroxyl groups is 1. The van der Waals surface area contributed by atoms with Crippen molar-refractivity contribution in [2.24, 2.45) is 5.92 Å². The average Bonchev–Trinajstić information content (AvgIpc) is 2.43. The van der Waals surface area contributed by atoms with Crippen molar-refractivity contribution in [1.82, 2.24) is 4.90 Å². The van der Waals surface area contributed by atoms with Crippen molar-refractivity contribution in [3.63, 3.8) is 0 Å². The second-order valence-corrected chi connectivity index (χ2v) is 5.48. The number of likely N-dealkylation sites (tertiary alicyclic amines) is 1. The highest BCUT2D eigenvalue weighted by Gasteiger charge is 2.26. The summed E-state index contributed by atoms with van der Waals surface area (Å²) in [6, 6.07) is 4.10. The van der Waals surface area contributed by atoms with E-state index in [1.165, 1.54) is 12.1 Å². The van der Waals surface area contributed by atoms with E-state index in [2.05, 4.69) is 5.32 Å². The number of piperidine rings is 1. The average molecular weight is 280 g/mol. The van der Waals surface area contributed by atoms with Crippen molar-refractivity contribution in [3.8, 4) is 0 Å². The minimum Gasteiger partial charge on any atom is -0.393 e. The van der Waals surface area contributed by atoms with Crippen molar-refractivity contribution in [2.75, 3.05) is 18.4 Å². The second kappa shape index (κ2) is 6.22. The van der Waals surface area contributed by atoms with Gasteiger partial charge in [-0.2, -0.15) is 0 Å². The van der Waals surface area contributed by atoms with Crippen LogP contribution in [0.4, 0.5) is 14.9 Å². The number of nitrogens with zero attached hydrogens (tertiary/aromatic N) is 1. The highest BCUT2D eigenvalue weighted by Crippen LogP contribution is 2.22. The molecule has 0 spiro atoms. The summed E-state index contributed by atoms with van der Waals surface area (Å²) in [5.74, 6) is -0.255. The number of amides is 2. The number of carbonyl (C=O) groups is 1. The molecule has 0 aromatic heterocycles. The van der Waals surface area contributed by atoms with Crippen LogP contribution < -0.4 is 5.32 Å². The molecule has 0 saturated carbocycles. The molecule has 1 aromatic rings. The summed E-state index contributed by atoms with van der Waals surface area (Å²) in [6.07, 6.45) is 1.40. The Bertz CT molecular complexity index is 491. The van der Waals surface area contributed by atoms with Gasteiger partial charge in [-0.15, -0.1) is 0 Å². The van der Waals surface area contributed by atoms with Gasteiger partial charge in [-0.05, 0) is 44.4 Å². The smallest absolute Gasteiger partial charge is 0.321 e. The zero-order valence-electron chi connectivity index (χ0n) is 11.9. The summed E-state index contributed by atoms with van der Waals surface area (Å²) >= 11 is 0. The van der Waals surface area contributed by atoms with Crippen molar-refractivity contribution in [3.05, 3.63) is 29.6 Å².